The zero-order chi connectivity index (χ0) is 19.3. The van der Waals surface area contributed by atoms with Gasteiger partial charge in [-0.1, -0.05) is 43.0 Å². The molecule has 1 saturated heterocycles. The standard InChI is InChI=1S/C24H24N2OS/c1-24-13-12-22(27)26(2)21(24)11-8-17-15-18(9-10-19(17)24)28-20-7-3-5-16-6-4-14-25-23(16)20/h3-7,9-10,14-15,21H,8,11-13H2,1-2H3/t21?,24-/m1/s1. The minimum atomic E-state index is 0.0699. The topological polar surface area (TPSA) is 33.2 Å². The average molecular weight is 389 g/mol. The SMILES string of the molecule is CN1C(=O)CC[C@]2(C)c3ccc(Sc4cccc5cccnc45)cc3CCC12. The van der Waals surface area contributed by atoms with Gasteiger partial charge in [-0.15, -0.1) is 0 Å². The van der Waals surface area contributed by atoms with Crippen molar-refractivity contribution in [3.63, 3.8) is 0 Å². The number of carbonyl (C=O) groups is 1. The molecule has 2 atom stereocenters. The number of fused-ring (bicyclic) bond motifs is 4. The molecule has 5 rings (SSSR count). The highest BCUT2D eigenvalue weighted by atomic mass is 32.2. The largest absolute Gasteiger partial charge is 0.342 e. The predicted octanol–water partition coefficient (Wildman–Crippen LogP) is 5.21. The fourth-order valence-corrected chi connectivity index (χ4v) is 6.12. The van der Waals surface area contributed by atoms with Crippen LogP contribution in [0.3, 0.4) is 0 Å². The van der Waals surface area contributed by atoms with Crippen molar-refractivity contribution in [2.45, 2.75) is 53.9 Å². The number of carbonyl (C=O) groups excluding carboxylic acids is 1. The first-order valence-corrected chi connectivity index (χ1v) is 10.8. The molecule has 1 aromatic heterocycles. The van der Waals surface area contributed by atoms with Crippen molar-refractivity contribution < 1.29 is 4.79 Å². The maximum absolute atomic E-state index is 12.2. The summed E-state index contributed by atoms with van der Waals surface area (Å²) in [5.41, 5.74) is 4.01. The number of hydrogen-bond donors (Lipinski definition) is 0. The second-order valence-corrected chi connectivity index (χ2v) is 9.34. The molecule has 1 unspecified atom stereocenters. The van der Waals surface area contributed by atoms with Gasteiger partial charge in [0.1, 0.15) is 0 Å². The number of aryl methyl sites for hydroxylation is 1. The van der Waals surface area contributed by atoms with Gasteiger partial charge in [-0.2, -0.15) is 0 Å². The summed E-state index contributed by atoms with van der Waals surface area (Å²) in [5.74, 6) is 0.293. The van der Waals surface area contributed by atoms with Gasteiger partial charge in [0.2, 0.25) is 5.91 Å². The molecule has 0 bridgehead atoms. The van der Waals surface area contributed by atoms with E-state index in [1.807, 2.05) is 24.2 Å². The first-order chi connectivity index (χ1) is 13.6. The van der Waals surface area contributed by atoms with E-state index in [9.17, 15) is 4.79 Å². The lowest BCUT2D eigenvalue weighted by Crippen LogP contribution is -2.56. The highest BCUT2D eigenvalue weighted by Gasteiger charge is 2.46. The number of nitrogens with zero attached hydrogens (tertiary/aromatic N) is 2. The summed E-state index contributed by atoms with van der Waals surface area (Å²) in [6, 6.07) is 17.7. The molecule has 3 aromatic rings. The molecule has 1 fully saturated rings. The Morgan fingerprint density at radius 3 is 2.89 bits per heavy atom. The van der Waals surface area contributed by atoms with Crippen LogP contribution in [-0.2, 0) is 16.6 Å². The van der Waals surface area contributed by atoms with E-state index in [2.05, 4.69) is 54.4 Å². The maximum atomic E-state index is 12.2. The lowest BCUT2D eigenvalue weighted by molar-refractivity contribution is -0.138. The Bertz CT molecular complexity index is 1070. The van der Waals surface area contributed by atoms with Crippen LogP contribution in [0.1, 0.15) is 37.3 Å². The number of benzene rings is 2. The Balaban J connectivity index is 1.50. The van der Waals surface area contributed by atoms with Crippen molar-refractivity contribution in [1.82, 2.24) is 9.88 Å². The number of amides is 1. The minimum Gasteiger partial charge on any atom is -0.342 e. The second-order valence-electron chi connectivity index (χ2n) is 8.23. The lowest BCUT2D eigenvalue weighted by Gasteiger charge is -2.50. The molecule has 1 aliphatic carbocycles. The van der Waals surface area contributed by atoms with E-state index in [0.717, 1.165) is 24.8 Å². The van der Waals surface area contributed by atoms with Crippen molar-refractivity contribution in [2.24, 2.45) is 0 Å². The number of para-hydroxylation sites is 1. The summed E-state index contributed by atoms with van der Waals surface area (Å²) in [6.07, 6.45) is 5.56. The maximum Gasteiger partial charge on any atom is 0.222 e. The van der Waals surface area contributed by atoms with Gasteiger partial charge < -0.3 is 4.90 Å². The highest BCUT2D eigenvalue weighted by molar-refractivity contribution is 7.99. The third kappa shape index (κ3) is 2.74. The normalized spacial score (nSPS) is 24.1. The van der Waals surface area contributed by atoms with Crippen LogP contribution in [0.4, 0.5) is 0 Å². The summed E-state index contributed by atoms with van der Waals surface area (Å²) in [4.78, 5) is 21.2. The molecular weight excluding hydrogens is 364 g/mol. The van der Waals surface area contributed by atoms with Crippen LogP contribution in [0.5, 0.6) is 0 Å². The number of rotatable bonds is 2. The van der Waals surface area contributed by atoms with E-state index in [1.165, 1.54) is 26.3 Å². The van der Waals surface area contributed by atoms with E-state index in [1.54, 1.807) is 11.8 Å². The molecule has 0 N–H and O–H groups in total. The number of hydrogen-bond acceptors (Lipinski definition) is 3. The van der Waals surface area contributed by atoms with Crippen LogP contribution in [-0.4, -0.2) is 28.9 Å². The second kappa shape index (κ2) is 6.63. The van der Waals surface area contributed by atoms with Gasteiger partial charge in [0.15, 0.2) is 0 Å². The molecule has 0 spiro atoms. The van der Waals surface area contributed by atoms with Crippen LogP contribution in [0, 0.1) is 0 Å². The summed E-state index contributed by atoms with van der Waals surface area (Å²) < 4.78 is 0. The van der Waals surface area contributed by atoms with Crippen molar-refractivity contribution in [3.8, 4) is 0 Å². The Labute approximate surface area is 170 Å². The first kappa shape index (κ1) is 17.7. The van der Waals surface area contributed by atoms with Crippen molar-refractivity contribution in [2.75, 3.05) is 7.05 Å². The quantitative estimate of drug-likeness (QED) is 0.604. The molecule has 2 aliphatic rings. The summed E-state index contributed by atoms with van der Waals surface area (Å²) in [7, 11) is 1.98. The number of piperidine rings is 1. The molecule has 1 amide bonds. The smallest absolute Gasteiger partial charge is 0.222 e. The van der Waals surface area contributed by atoms with Gasteiger partial charge in [0.05, 0.1) is 5.52 Å². The summed E-state index contributed by atoms with van der Waals surface area (Å²) >= 11 is 1.79. The number of aromatic nitrogens is 1. The van der Waals surface area contributed by atoms with Crippen LogP contribution >= 0.6 is 11.8 Å². The Morgan fingerprint density at radius 1 is 1.14 bits per heavy atom. The molecule has 2 aromatic carbocycles. The molecule has 28 heavy (non-hydrogen) atoms. The van der Waals surface area contributed by atoms with Crippen molar-refractivity contribution in [3.05, 3.63) is 65.9 Å². The van der Waals surface area contributed by atoms with Gasteiger partial charge in [-0.3, -0.25) is 9.78 Å². The molecule has 0 radical (unpaired) electrons. The van der Waals surface area contributed by atoms with E-state index < -0.39 is 0 Å². The van der Waals surface area contributed by atoms with Crippen LogP contribution in [0.15, 0.2) is 64.5 Å². The molecular formula is C24H24N2OS. The third-order valence-electron chi connectivity index (χ3n) is 6.66. The monoisotopic (exact) mass is 388 g/mol. The number of pyridine rings is 1. The van der Waals surface area contributed by atoms with Gasteiger partial charge in [0.25, 0.3) is 0 Å². The van der Waals surface area contributed by atoms with Gasteiger partial charge in [-0.25, -0.2) is 0 Å². The van der Waals surface area contributed by atoms with Gasteiger partial charge in [-0.05, 0) is 54.7 Å². The summed E-state index contributed by atoms with van der Waals surface area (Å²) in [6.45, 7) is 2.35. The Kier molecular flexibility index (Phi) is 4.20. The highest BCUT2D eigenvalue weighted by Crippen LogP contribution is 2.46. The zero-order valence-electron chi connectivity index (χ0n) is 16.3. The molecule has 2 heterocycles. The number of likely N-dealkylation sites (tertiary alicyclic amines) is 1. The first-order valence-electron chi connectivity index (χ1n) is 9.97. The molecule has 0 saturated carbocycles. The Hall–Kier alpha value is -2.33. The fourth-order valence-electron chi connectivity index (χ4n) is 5.11. The predicted molar refractivity (Wildman–Crippen MR) is 114 cm³/mol. The van der Waals surface area contributed by atoms with E-state index in [4.69, 9.17) is 0 Å². The van der Waals surface area contributed by atoms with E-state index in [0.29, 0.717) is 18.4 Å². The van der Waals surface area contributed by atoms with Gasteiger partial charge >= 0.3 is 0 Å². The fraction of sp³-hybridized carbons (Fsp3) is 0.333. The minimum absolute atomic E-state index is 0.0699. The zero-order valence-corrected chi connectivity index (χ0v) is 17.1. The average Bonchev–Trinajstić information content (AvgIpc) is 2.71. The van der Waals surface area contributed by atoms with Gasteiger partial charge in [0, 0.05) is 46.3 Å². The molecule has 1 aliphatic heterocycles. The molecule has 142 valence electrons. The third-order valence-corrected chi connectivity index (χ3v) is 7.70. The van der Waals surface area contributed by atoms with Crippen LogP contribution < -0.4 is 0 Å². The molecule has 4 heteroatoms. The number of likely N-dealkylation sites (N-methyl/N-ethyl adjacent to an activating group) is 1. The van der Waals surface area contributed by atoms with Crippen LogP contribution in [0.25, 0.3) is 10.9 Å². The van der Waals surface area contributed by atoms with E-state index >= 15 is 0 Å². The van der Waals surface area contributed by atoms with Crippen molar-refractivity contribution >= 4 is 28.6 Å². The lowest BCUT2D eigenvalue weighted by atomic mass is 9.63. The van der Waals surface area contributed by atoms with Crippen LogP contribution in [0.2, 0.25) is 0 Å². The summed E-state index contributed by atoms with van der Waals surface area (Å²) in [5, 5.41) is 1.18. The van der Waals surface area contributed by atoms with E-state index in [-0.39, 0.29) is 5.41 Å². The molecule has 3 nitrogen and oxygen atoms in total. The Morgan fingerprint density at radius 2 is 2.00 bits per heavy atom. The van der Waals surface area contributed by atoms with Crippen molar-refractivity contribution in [1.29, 1.82) is 0 Å².